The highest BCUT2D eigenvalue weighted by molar-refractivity contribution is 7.09. The number of rotatable bonds is 6. The van der Waals surface area contributed by atoms with Gasteiger partial charge in [0, 0.05) is 11.8 Å². The van der Waals surface area contributed by atoms with Crippen molar-refractivity contribution in [2.45, 2.75) is 32.2 Å². The van der Waals surface area contributed by atoms with E-state index in [0.717, 1.165) is 11.4 Å². The molecule has 5 nitrogen and oxygen atoms in total. The molecule has 0 unspecified atom stereocenters. The monoisotopic (exact) mass is 318 g/mol. The maximum absolute atomic E-state index is 11.9. The Morgan fingerprint density at radius 2 is 1.95 bits per heavy atom. The van der Waals surface area contributed by atoms with Gasteiger partial charge in [0.05, 0.1) is 17.1 Å². The molecule has 2 aromatic rings. The number of hydrogen-bond donors (Lipinski definition) is 2. The maximum Gasteiger partial charge on any atom is 0.328 e. The van der Waals surface area contributed by atoms with E-state index in [1.165, 1.54) is 30.7 Å². The van der Waals surface area contributed by atoms with Gasteiger partial charge < -0.3 is 10.4 Å². The van der Waals surface area contributed by atoms with Crippen LogP contribution in [0.5, 0.6) is 0 Å². The zero-order valence-electron chi connectivity index (χ0n) is 12.5. The first-order valence-corrected chi connectivity index (χ1v) is 7.76. The fraction of sp³-hybridized carbons (Fsp3) is 0.312. The largest absolute Gasteiger partial charge is 0.480 e. The van der Waals surface area contributed by atoms with Crippen LogP contribution in [0, 0.1) is 0 Å². The number of benzene rings is 1. The van der Waals surface area contributed by atoms with Crippen LogP contribution < -0.4 is 5.32 Å². The van der Waals surface area contributed by atoms with Gasteiger partial charge in [0.15, 0.2) is 0 Å². The lowest BCUT2D eigenvalue weighted by atomic mass is 10.1. The minimum Gasteiger partial charge on any atom is -0.480 e. The van der Waals surface area contributed by atoms with Gasteiger partial charge in [0.1, 0.15) is 5.54 Å². The molecule has 0 aliphatic rings. The highest BCUT2D eigenvalue weighted by atomic mass is 32.1. The average Bonchev–Trinajstić information content (AvgIpc) is 2.86. The second-order valence-electron chi connectivity index (χ2n) is 5.55. The summed E-state index contributed by atoms with van der Waals surface area (Å²) in [5.41, 5.74) is 0.550. The summed E-state index contributed by atoms with van der Waals surface area (Å²) >= 11 is 1.50. The van der Waals surface area contributed by atoms with Crippen LogP contribution in [-0.2, 0) is 22.4 Å². The van der Waals surface area contributed by atoms with Gasteiger partial charge in [-0.05, 0) is 19.4 Å². The number of aliphatic carboxylic acids is 1. The van der Waals surface area contributed by atoms with Crippen LogP contribution in [0.2, 0.25) is 0 Å². The Labute approximate surface area is 133 Å². The van der Waals surface area contributed by atoms with Crippen molar-refractivity contribution in [3.63, 3.8) is 0 Å². The lowest BCUT2D eigenvalue weighted by Gasteiger charge is -2.20. The molecule has 0 saturated carbocycles. The Morgan fingerprint density at radius 1 is 1.27 bits per heavy atom. The van der Waals surface area contributed by atoms with E-state index in [4.69, 9.17) is 5.11 Å². The Balaban J connectivity index is 1.95. The van der Waals surface area contributed by atoms with E-state index in [1.54, 1.807) is 0 Å². The lowest BCUT2D eigenvalue weighted by Crippen LogP contribution is -2.50. The third kappa shape index (κ3) is 4.39. The van der Waals surface area contributed by atoms with Crippen molar-refractivity contribution in [2.75, 3.05) is 0 Å². The summed E-state index contributed by atoms with van der Waals surface area (Å²) in [4.78, 5) is 27.3. The molecule has 0 atom stereocenters. The number of nitrogens with zero attached hydrogens (tertiary/aromatic N) is 1. The van der Waals surface area contributed by atoms with Crippen molar-refractivity contribution in [2.24, 2.45) is 0 Å². The molecule has 1 amide bonds. The fourth-order valence-electron chi connectivity index (χ4n) is 1.89. The summed E-state index contributed by atoms with van der Waals surface area (Å²) in [6, 6.07) is 9.98. The molecule has 0 fully saturated rings. The van der Waals surface area contributed by atoms with E-state index in [1.807, 2.05) is 35.7 Å². The maximum atomic E-state index is 11.9. The first-order chi connectivity index (χ1) is 10.4. The van der Waals surface area contributed by atoms with Gasteiger partial charge in [-0.25, -0.2) is 9.78 Å². The number of aromatic nitrogens is 1. The van der Waals surface area contributed by atoms with Crippen molar-refractivity contribution in [1.29, 1.82) is 0 Å². The Kier molecular flexibility index (Phi) is 4.92. The molecule has 2 N–H and O–H groups in total. The molecule has 0 radical (unpaired) electrons. The molecule has 0 bridgehead atoms. The van der Waals surface area contributed by atoms with Crippen LogP contribution in [0.4, 0.5) is 0 Å². The number of carboxylic acid groups (broad SMARTS) is 1. The zero-order valence-corrected chi connectivity index (χ0v) is 13.3. The Morgan fingerprint density at radius 3 is 2.59 bits per heavy atom. The minimum atomic E-state index is -1.28. The van der Waals surface area contributed by atoms with Gasteiger partial charge in [0.25, 0.3) is 0 Å². The normalized spacial score (nSPS) is 11.2. The topological polar surface area (TPSA) is 79.3 Å². The van der Waals surface area contributed by atoms with Crippen LogP contribution in [0.25, 0.3) is 0 Å². The van der Waals surface area contributed by atoms with Crippen molar-refractivity contribution >= 4 is 23.2 Å². The second-order valence-corrected chi connectivity index (χ2v) is 6.49. The van der Waals surface area contributed by atoms with Gasteiger partial charge in [-0.1, -0.05) is 30.3 Å². The second kappa shape index (κ2) is 6.70. The molecular weight excluding hydrogens is 300 g/mol. The van der Waals surface area contributed by atoms with Crippen LogP contribution in [0.15, 0.2) is 35.7 Å². The van der Waals surface area contributed by atoms with Crippen molar-refractivity contribution < 1.29 is 14.7 Å². The standard InChI is InChI=1S/C16H18N2O3S/c1-16(2,15(20)21)18-13(19)9-12-10-22-14(17-12)8-11-6-4-3-5-7-11/h3-7,10H,8-9H2,1-2H3,(H,18,19)(H,20,21). The van der Waals surface area contributed by atoms with Crippen LogP contribution >= 0.6 is 11.3 Å². The smallest absolute Gasteiger partial charge is 0.328 e. The molecule has 6 heteroatoms. The van der Waals surface area contributed by atoms with Gasteiger partial charge in [-0.3, -0.25) is 4.79 Å². The molecule has 1 aromatic carbocycles. The number of carbonyl (C=O) groups excluding carboxylic acids is 1. The number of thiazole rings is 1. The van der Waals surface area contributed by atoms with Crippen molar-refractivity contribution in [1.82, 2.24) is 10.3 Å². The number of hydrogen-bond acceptors (Lipinski definition) is 4. The van der Waals surface area contributed by atoms with Gasteiger partial charge in [-0.2, -0.15) is 0 Å². The first kappa shape index (κ1) is 16.2. The molecule has 0 saturated heterocycles. The Hall–Kier alpha value is -2.21. The van der Waals surface area contributed by atoms with E-state index in [9.17, 15) is 9.59 Å². The predicted octanol–water partition coefficient (Wildman–Crippen LogP) is 2.26. The summed E-state index contributed by atoms with van der Waals surface area (Å²) in [6.07, 6.45) is 0.815. The van der Waals surface area contributed by atoms with Crippen LogP contribution in [0.3, 0.4) is 0 Å². The molecule has 116 valence electrons. The summed E-state index contributed by atoms with van der Waals surface area (Å²) in [5, 5.41) is 14.3. The molecule has 1 heterocycles. The van der Waals surface area contributed by atoms with E-state index in [-0.39, 0.29) is 12.3 Å². The molecule has 2 rings (SSSR count). The molecule has 0 aliphatic carbocycles. The third-order valence-electron chi connectivity index (χ3n) is 3.13. The van der Waals surface area contributed by atoms with Crippen LogP contribution in [0.1, 0.15) is 30.1 Å². The van der Waals surface area contributed by atoms with Gasteiger partial charge >= 0.3 is 5.97 Å². The summed E-state index contributed by atoms with van der Waals surface area (Å²) in [7, 11) is 0. The number of amides is 1. The van der Waals surface area contributed by atoms with Crippen LogP contribution in [-0.4, -0.2) is 27.5 Å². The van der Waals surface area contributed by atoms with E-state index >= 15 is 0 Å². The third-order valence-corrected chi connectivity index (χ3v) is 4.02. The summed E-state index contributed by atoms with van der Waals surface area (Å²) < 4.78 is 0. The predicted molar refractivity (Wildman–Crippen MR) is 84.9 cm³/mol. The van der Waals surface area contributed by atoms with Gasteiger partial charge in [-0.15, -0.1) is 11.3 Å². The molecule has 22 heavy (non-hydrogen) atoms. The van der Waals surface area contributed by atoms with Crippen molar-refractivity contribution in [3.8, 4) is 0 Å². The van der Waals surface area contributed by atoms with E-state index in [2.05, 4.69) is 10.3 Å². The lowest BCUT2D eigenvalue weighted by molar-refractivity contribution is -0.145. The van der Waals surface area contributed by atoms with E-state index in [0.29, 0.717) is 5.69 Å². The van der Waals surface area contributed by atoms with E-state index < -0.39 is 11.5 Å². The molecule has 0 aliphatic heterocycles. The van der Waals surface area contributed by atoms with Gasteiger partial charge in [0.2, 0.25) is 5.91 Å². The number of nitrogens with one attached hydrogen (secondary N) is 1. The Bertz CT molecular complexity index is 665. The molecule has 1 aromatic heterocycles. The average molecular weight is 318 g/mol. The highest BCUT2D eigenvalue weighted by Gasteiger charge is 2.28. The number of carboxylic acids is 1. The first-order valence-electron chi connectivity index (χ1n) is 6.88. The summed E-state index contributed by atoms with van der Waals surface area (Å²) in [5.74, 6) is -1.41. The highest BCUT2D eigenvalue weighted by Crippen LogP contribution is 2.15. The molecule has 0 spiro atoms. The minimum absolute atomic E-state index is 0.0853. The number of carbonyl (C=O) groups is 2. The SMILES string of the molecule is CC(C)(NC(=O)Cc1csc(Cc2ccccc2)n1)C(=O)O. The zero-order chi connectivity index (χ0) is 16.2. The van der Waals surface area contributed by atoms with Crippen molar-refractivity contribution in [3.05, 3.63) is 52.0 Å². The summed E-state index contributed by atoms with van der Waals surface area (Å²) in [6.45, 7) is 2.91. The molecular formula is C16H18N2O3S. The fourth-order valence-corrected chi connectivity index (χ4v) is 2.72. The quantitative estimate of drug-likeness (QED) is 0.856.